The molecule has 1 fully saturated rings. The van der Waals surface area contributed by atoms with Crippen LogP contribution in [0.15, 0.2) is 42.7 Å². The summed E-state index contributed by atoms with van der Waals surface area (Å²) in [5, 5.41) is 3.06. The van der Waals surface area contributed by atoms with Crippen molar-refractivity contribution in [2.24, 2.45) is 5.92 Å². The van der Waals surface area contributed by atoms with Gasteiger partial charge < -0.3 is 15.0 Å². The normalized spacial score (nSPS) is 15.0. The van der Waals surface area contributed by atoms with Gasteiger partial charge in [0.25, 0.3) is 0 Å². The van der Waals surface area contributed by atoms with E-state index in [4.69, 9.17) is 4.74 Å². The zero-order valence-electron chi connectivity index (χ0n) is 14.5. The van der Waals surface area contributed by atoms with Crippen LogP contribution in [0.2, 0.25) is 0 Å². The van der Waals surface area contributed by atoms with Crippen molar-refractivity contribution in [3.05, 3.63) is 48.3 Å². The first-order chi connectivity index (χ1) is 12.3. The predicted octanol–water partition coefficient (Wildman–Crippen LogP) is 2.06. The summed E-state index contributed by atoms with van der Waals surface area (Å²) < 4.78 is 5.22. The van der Waals surface area contributed by atoms with E-state index in [1.165, 1.54) is 0 Å². The number of aromatic nitrogens is 2. The van der Waals surface area contributed by atoms with E-state index in [9.17, 15) is 4.79 Å². The fourth-order valence-electron chi connectivity index (χ4n) is 3.10. The average molecular weight is 340 g/mol. The number of rotatable bonds is 6. The lowest BCUT2D eigenvalue weighted by atomic mass is 9.96. The maximum absolute atomic E-state index is 12.4. The van der Waals surface area contributed by atoms with Gasteiger partial charge in [-0.2, -0.15) is 0 Å². The van der Waals surface area contributed by atoms with Crippen LogP contribution in [0.3, 0.4) is 0 Å². The Bertz CT molecular complexity index is 685. The second-order valence-electron chi connectivity index (χ2n) is 6.20. The first-order valence-corrected chi connectivity index (χ1v) is 8.69. The van der Waals surface area contributed by atoms with Crippen molar-refractivity contribution in [1.29, 1.82) is 0 Å². The maximum Gasteiger partial charge on any atom is 0.225 e. The summed E-state index contributed by atoms with van der Waals surface area (Å²) in [5.41, 5.74) is 1.16. The minimum absolute atomic E-state index is 0.0743. The molecule has 6 nitrogen and oxygen atoms in total. The Balaban J connectivity index is 1.42. The number of nitrogens with zero attached hydrogens (tertiary/aromatic N) is 3. The Morgan fingerprint density at radius 1 is 1.24 bits per heavy atom. The molecule has 0 bridgehead atoms. The molecule has 2 heterocycles. The van der Waals surface area contributed by atoms with Crippen molar-refractivity contribution in [2.75, 3.05) is 31.6 Å². The fourth-order valence-corrected chi connectivity index (χ4v) is 3.10. The Morgan fingerprint density at radius 2 is 2.00 bits per heavy atom. The standard InChI is InChI=1S/C19H24N4O2/c1-25-17-5-2-4-15(14-17)6-11-20-18(24)16-7-12-23(13-8-16)19-21-9-3-10-22-19/h2-5,9-10,14,16H,6-8,11-13H2,1H3,(H,20,24). The number of carbonyl (C=O) groups is 1. The number of anilines is 1. The van der Waals surface area contributed by atoms with E-state index in [-0.39, 0.29) is 11.8 Å². The highest BCUT2D eigenvalue weighted by molar-refractivity contribution is 5.78. The summed E-state index contributed by atoms with van der Waals surface area (Å²) in [7, 11) is 1.66. The molecule has 1 amide bonds. The van der Waals surface area contributed by atoms with Gasteiger partial charge in [-0.3, -0.25) is 4.79 Å². The minimum atomic E-state index is 0.0743. The van der Waals surface area contributed by atoms with Crippen LogP contribution < -0.4 is 15.0 Å². The number of carbonyl (C=O) groups excluding carboxylic acids is 1. The molecule has 1 N–H and O–H groups in total. The average Bonchev–Trinajstić information content (AvgIpc) is 2.69. The van der Waals surface area contributed by atoms with Gasteiger partial charge in [0, 0.05) is 37.9 Å². The minimum Gasteiger partial charge on any atom is -0.497 e. The van der Waals surface area contributed by atoms with Crippen LogP contribution in [0, 0.1) is 5.92 Å². The topological polar surface area (TPSA) is 67.3 Å². The second kappa shape index (κ2) is 8.46. The lowest BCUT2D eigenvalue weighted by Crippen LogP contribution is -2.41. The SMILES string of the molecule is COc1cccc(CCNC(=O)C2CCN(c3ncccn3)CC2)c1. The molecule has 1 aromatic carbocycles. The van der Waals surface area contributed by atoms with Gasteiger partial charge in [0.05, 0.1) is 7.11 Å². The highest BCUT2D eigenvalue weighted by atomic mass is 16.5. The van der Waals surface area contributed by atoms with Gasteiger partial charge >= 0.3 is 0 Å². The van der Waals surface area contributed by atoms with Crippen LogP contribution in [0.4, 0.5) is 5.95 Å². The monoisotopic (exact) mass is 340 g/mol. The second-order valence-corrected chi connectivity index (χ2v) is 6.20. The highest BCUT2D eigenvalue weighted by Crippen LogP contribution is 2.20. The van der Waals surface area contributed by atoms with Gasteiger partial charge in [-0.15, -0.1) is 0 Å². The number of ether oxygens (including phenoxy) is 1. The lowest BCUT2D eigenvalue weighted by Gasteiger charge is -2.31. The van der Waals surface area contributed by atoms with E-state index in [0.29, 0.717) is 6.54 Å². The first-order valence-electron chi connectivity index (χ1n) is 8.69. The van der Waals surface area contributed by atoms with Crippen LogP contribution in [0.5, 0.6) is 5.75 Å². The van der Waals surface area contributed by atoms with Gasteiger partial charge in [0.1, 0.15) is 5.75 Å². The molecule has 6 heteroatoms. The van der Waals surface area contributed by atoms with Gasteiger partial charge in [-0.05, 0) is 43.0 Å². The summed E-state index contributed by atoms with van der Waals surface area (Å²) in [5.74, 6) is 1.82. The highest BCUT2D eigenvalue weighted by Gasteiger charge is 2.25. The summed E-state index contributed by atoms with van der Waals surface area (Å²) in [6, 6.07) is 9.76. The third-order valence-electron chi connectivity index (χ3n) is 4.55. The molecular formula is C19H24N4O2. The molecule has 3 rings (SSSR count). The van der Waals surface area contributed by atoms with Crippen LogP contribution in [-0.4, -0.2) is 42.6 Å². The van der Waals surface area contributed by atoms with Crippen molar-refractivity contribution < 1.29 is 9.53 Å². The van der Waals surface area contributed by atoms with E-state index < -0.39 is 0 Å². The summed E-state index contributed by atoms with van der Waals surface area (Å²) >= 11 is 0. The summed E-state index contributed by atoms with van der Waals surface area (Å²) in [6.45, 7) is 2.28. The van der Waals surface area contributed by atoms with Crippen LogP contribution in [0.1, 0.15) is 18.4 Å². The van der Waals surface area contributed by atoms with Crippen LogP contribution in [-0.2, 0) is 11.2 Å². The molecular weight excluding hydrogens is 316 g/mol. The van der Waals surface area contributed by atoms with Crippen LogP contribution >= 0.6 is 0 Å². The van der Waals surface area contributed by atoms with E-state index in [1.807, 2.05) is 30.3 Å². The molecule has 0 spiro atoms. The van der Waals surface area contributed by atoms with Gasteiger partial charge in [-0.25, -0.2) is 9.97 Å². The lowest BCUT2D eigenvalue weighted by molar-refractivity contribution is -0.125. The van der Waals surface area contributed by atoms with Crippen molar-refractivity contribution in [2.45, 2.75) is 19.3 Å². The Labute approximate surface area is 148 Å². The molecule has 2 aromatic rings. The molecule has 1 aliphatic heterocycles. The molecule has 1 aromatic heterocycles. The number of methoxy groups -OCH3 is 1. The largest absolute Gasteiger partial charge is 0.497 e. The maximum atomic E-state index is 12.4. The Kier molecular flexibility index (Phi) is 5.82. The first kappa shape index (κ1) is 17.2. The smallest absolute Gasteiger partial charge is 0.225 e. The predicted molar refractivity (Wildman–Crippen MR) is 96.7 cm³/mol. The molecule has 0 aliphatic carbocycles. The number of nitrogens with one attached hydrogen (secondary N) is 1. The molecule has 0 unspecified atom stereocenters. The quantitative estimate of drug-likeness (QED) is 0.872. The van der Waals surface area contributed by atoms with Crippen molar-refractivity contribution in [1.82, 2.24) is 15.3 Å². The molecule has 25 heavy (non-hydrogen) atoms. The van der Waals surface area contributed by atoms with E-state index >= 15 is 0 Å². The molecule has 0 saturated carbocycles. The number of amides is 1. The van der Waals surface area contributed by atoms with Crippen molar-refractivity contribution in [3.8, 4) is 5.75 Å². The summed E-state index contributed by atoms with van der Waals surface area (Å²) in [4.78, 5) is 23.1. The van der Waals surface area contributed by atoms with Crippen molar-refractivity contribution in [3.63, 3.8) is 0 Å². The van der Waals surface area contributed by atoms with Gasteiger partial charge in [0.15, 0.2) is 0 Å². The molecule has 132 valence electrons. The number of benzene rings is 1. The van der Waals surface area contributed by atoms with Gasteiger partial charge in [0.2, 0.25) is 11.9 Å². The third-order valence-corrected chi connectivity index (χ3v) is 4.55. The van der Waals surface area contributed by atoms with Gasteiger partial charge in [-0.1, -0.05) is 12.1 Å². The Hall–Kier alpha value is -2.63. The molecule has 0 radical (unpaired) electrons. The number of piperidine rings is 1. The van der Waals surface area contributed by atoms with E-state index in [2.05, 4.69) is 20.2 Å². The molecule has 1 saturated heterocycles. The fraction of sp³-hybridized carbons (Fsp3) is 0.421. The molecule has 0 atom stereocenters. The Morgan fingerprint density at radius 3 is 2.72 bits per heavy atom. The van der Waals surface area contributed by atoms with Crippen LogP contribution in [0.25, 0.3) is 0 Å². The van der Waals surface area contributed by atoms with E-state index in [0.717, 1.165) is 49.6 Å². The third kappa shape index (κ3) is 4.68. The zero-order valence-corrected chi connectivity index (χ0v) is 14.5. The number of hydrogen-bond acceptors (Lipinski definition) is 5. The molecule has 1 aliphatic rings. The zero-order chi connectivity index (χ0) is 17.5. The van der Waals surface area contributed by atoms with E-state index in [1.54, 1.807) is 19.5 Å². The summed E-state index contributed by atoms with van der Waals surface area (Å²) in [6.07, 6.45) is 5.98. The van der Waals surface area contributed by atoms with Crippen molar-refractivity contribution >= 4 is 11.9 Å². The number of hydrogen-bond donors (Lipinski definition) is 1.